The third-order valence-electron chi connectivity index (χ3n) is 6.34. The second-order valence-electron chi connectivity index (χ2n) is 8.19. The molecule has 2 saturated heterocycles. The molecule has 2 aromatic rings. The summed E-state index contributed by atoms with van der Waals surface area (Å²) in [5, 5.41) is 2.99. The summed E-state index contributed by atoms with van der Waals surface area (Å²) in [6, 6.07) is 10.1. The van der Waals surface area contributed by atoms with E-state index >= 15 is 0 Å². The number of methoxy groups -OCH3 is 1. The lowest BCUT2D eigenvalue weighted by atomic mass is 9.93. The van der Waals surface area contributed by atoms with Crippen LogP contribution in [0.3, 0.4) is 0 Å². The van der Waals surface area contributed by atoms with E-state index in [-0.39, 0.29) is 0 Å². The Balaban J connectivity index is 1.22. The maximum atomic E-state index is 12.9. The first kappa shape index (κ1) is 21.2. The topological polar surface area (TPSA) is 73.8 Å². The summed E-state index contributed by atoms with van der Waals surface area (Å²) >= 11 is 0. The molecule has 8 heteroatoms. The van der Waals surface area contributed by atoms with E-state index in [9.17, 15) is 4.79 Å². The van der Waals surface area contributed by atoms with E-state index in [0.717, 1.165) is 63.7 Å². The van der Waals surface area contributed by atoms with Crippen LogP contribution in [-0.4, -0.2) is 74.2 Å². The van der Waals surface area contributed by atoms with E-state index in [4.69, 9.17) is 4.74 Å². The zero-order chi connectivity index (χ0) is 21.6. The van der Waals surface area contributed by atoms with Gasteiger partial charge in [-0.15, -0.1) is 0 Å². The maximum Gasteiger partial charge on any atom is 0.224 e. The largest absolute Gasteiger partial charge is 0.497 e. The summed E-state index contributed by atoms with van der Waals surface area (Å²) in [4.78, 5) is 28.3. The number of carbonyl (C=O) groups excluding carboxylic acids is 1. The Bertz CT molecular complexity index is 859. The minimum absolute atomic E-state index is 0.298. The molecule has 4 rings (SSSR count). The minimum atomic E-state index is 0.298. The van der Waals surface area contributed by atoms with Gasteiger partial charge in [0, 0.05) is 64.6 Å². The molecule has 0 spiro atoms. The smallest absolute Gasteiger partial charge is 0.224 e. The zero-order valence-corrected chi connectivity index (χ0v) is 18.5. The quantitative estimate of drug-likeness (QED) is 0.764. The van der Waals surface area contributed by atoms with E-state index < -0.39 is 0 Å². The van der Waals surface area contributed by atoms with Crippen molar-refractivity contribution in [2.75, 3.05) is 68.5 Å². The van der Waals surface area contributed by atoms with Crippen LogP contribution in [0.5, 0.6) is 5.75 Å². The van der Waals surface area contributed by atoms with Crippen LogP contribution in [0.1, 0.15) is 19.3 Å². The average Bonchev–Trinajstić information content (AvgIpc) is 2.84. The number of aromatic nitrogens is 2. The van der Waals surface area contributed by atoms with Crippen molar-refractivity contribution in [1.82, 2.24) is 14.9 Å². The number of ether oxygens (including phenoxy) is 1. The molecule has 0 saturated carbocycles. The Labute approximate surface area is 184 Å². The van der Waals surface area contributed by atoms with Gasteiger partial charge in [-0.1, -0.05) is 0 Å². The summed E-state index contributed by atoms with van der Waals surface area (Å²) in [6.07, 6.45) is 4.49. The molecular formula is C23H32N6O2. The second kappa shape index (κ2) is 9.85. The lowest BCUT2D eigenvalue weighted by Crippen LogP contribution is -2.49. The van der Waals surface area contributed by atoms with Crippen LogP contribution in [0.2, 0.25) is 0 Å². The fourth-order valence-electron chi connectivity index (χ4n) is 4.40. The summed E-state index contributed by atoms with van der Waals surface area (Å²) in [7, 11) is 3.51. The van der Waals surface area contributed by atoms with Crippen LogP contribution in [-0.2, 0) is 4.79 Å². The van der Waals surface area contributed by atoms with Gasteiger partial charge in [-0.3, -0.25) is 4.79 Å². The molecule has 1 amide bonds. The number of hydrogen-bond donors (Lipinski definition) is 1. The molecule has 8 nitrogen and oxygen atoms in total. The molecule has 0 bridgehead atoms. The number of piperazine rings is 1. The average molecular weight is 425 g/mol. The number of nitrogens with one attached hydrogen (secondary N) is 1. The Hall–Kier alpha value is -3.03. The van der Waals surface area contributed by atoms with Gasteiger partial charge < -0.3 is 24.8 Å². The molecule has 166 valence electrons. The lowest BCUT2D eigenvalue weighted by Gasteiger charge is -2.37. The van der Waals surface area contributed by atoms with Crippen molar-refractivity contribution in [3.05, 3.63) is 36.5 Å². The fourth-order valence-corrected chi connectivity index (χ4v) is 4.40. The van der Waals surface area contributed by atoms with Crippen molar-refractivity contribution in [2.24, 2.45) is 5.92 Å². The summed E-state index contributed by atoms with van der Waals surface area (Å²) in [5.74, 6) is 3.22. The fraction of sp³-hybridized carbons (Fsp3) is 0.522. The van der Waals surface area contributed by atoms with Crippen molar-refractivity contribution in [2.45, 2.75) is 19.3 Å². The van der Waals surface area contributed by atoms with E-state index in [2.05, 4.69) is 37.2 Å². The number of anilines is 3. The van der Waals surface area contributed by atoms with Crippen LogP contribution in [0.25, 0.3) is 0 Å². The molecule has 0 unspecified atom stereocenters. The highest BCUT2D eigenvalue weighted by molar-refractivity contribution is 5.77. The maximum absolute atomic E-state index is 12.9. The number of rotatable bonds is 6. The SMILES string of the molecule is CNc1nccc(N2CCC(CC(=O)N3CCN(c4ccc(OC)cc4)CC3)CC2)n1. The highest BCUT2D eigenvalue weighted by Gasteiger charge is 2.26. The van der Waals surface area contributed by atoms with Crippen LogP contribution in [0.4, 0.5) is 17.5 Å². The molecule has 31 heavy (non-hydrogen) atoms. The van der Waals surface area contributed by atoms with Crippen LogP contribution in [0, 0.1) is 5.92 Å². The van der Waals surface area contributed by atoms with Crippen molar-refractivity contribution in [3.63, 3.8) is 0 Å². The summed E-state index contributed by atoms with van der Waals surface area (Å²) in [6.45, 7) is 5.19. The Morgan fingerprint density at radius 3 is 2.39 bits per heavy atom. The van der Waals surface area contributed by atoms with Gasteiger partial charge in [0.2, 0.25) is 11.9 Å². The molecule has 2 aliphatic rings. The zero-order valence-electron chi connectivity index (χ0n) is 18.5. The summed E-state index contributed by atoms with van der Waals surface area (Å²) < 4.78 is 5.24. The minimum Gasteiger partial charge on any atom is -0.497 e. The highest BCUT2D eigenvalue weighted by Crippen LogP contribution is 2.26. The molecule has 1 N–H and O–H groups in total. The van der Waals surface area contributed by atoms with Crippen LogP contribution < -0.4 is 19.9 Å². The van der Waals surface area contributed by atoms with Crippen LogP contribution >= 0.6 is 0 Å². The highest BCUT2D eigenvalue weighted by atomic mass is 16.5. The third-order valence-corrected chi connectivity index (χ3v) is 6.34. The van der Waals surface area contributed by atoms with Crippen molar-refractivity contribution >= 4 is 23.4 Å². The van der Waals surface area contributed by atoms with Gasteiger partial charge >= 0.3 is 0 Å². The van der Waals surface area contributed by atoms with Crippen molar-refractivity contribution in [1.29, 1.82) is 0 Å². The first-order valence-corrected chi connectivity index (χ1v) is 11.1. The van der Waals surface area contributed by atoms with Gasteiger partial charge in [0.05, 0.1) is 7.11 Å². The first-order chi connectivity index (χ1) is 15.2. The van der Waals surface area contributed by atoms with Crippen molar-refractivity contribution < 1.29 is 9.53 Å². The molecule has 1 aromatic carbocycles. The van der Waals surface area contributed by atoms with Gasteiger partial charge in [-0.25, -0.2) is 4.98 Å². The first-order valence-electron chi connectivity index (χ1n) is 11.1. The van der Waals surface area contributed by atoms with Gasteiger partial charge in [0.15, 0.2) is 0 Å². The Morgan fingerprint density at radius 1 is 1.03 bits per heavy atom. The standard InChI is InChI=1S/C23H32N6O2/c1-24-23-25-10-7-21(26-23)28-11-8-18(9-12-28)17-22(30)29-15-13-27(14-16-29)19-3-5-20(31-2)6-4-19/h3-7,10,18H,8-9,11-17H2,1-2H3,(H,24,25,26). The third kappa shape index (κ3) is 5.18. The number of nitrogens with zero attached hydrogens (tertiary/aromatic N) is 5. The Morgan fingerprint density at radius 2 is 1.74 bits per heavy atom. The number of amides is 1. The monoisotopic (exact) mass is 424 g/mol. The predicted molar refractivity (Wildman–Crippen MR) is 123 cm³/mol. The predicted octanol–water partition coefficient (Wildman–Crippen LogP) is 2.48. The molecular weight excluding hydrogens is 392 g/mol. The van der Waals surface area contributed by atoms with Gasteiger partial charge in [-0.05, 0) is 49.1 Å². The van der Waals surface area contributed by atoms with Crippen LogP contribution in [0.15, 0.2) is 36.5 Å². The number of benzene rings is 1. The molecule has 0 aliphatic carbocycles. The van der Waals surface area contributed by atoms with E-state index in [1.807, 2.05) is 30.1 Å². The molecule has 3 heterocycles. The number of piperidine rings is 1. The van der Waals surface area contributed by atoms with Gasteiger partial charge in [0.25, 0.3) is 0 Å². The number of carbonyl (C=O) groups is 1. The summed E-state index contributed by atoms with van der Waals surface area (Å²) in [5.41, 5.74) is 1.19. The van der Waals surface area contributed by atoms with E-state index in [1.165, 1.54) is 5.69 Å². The van der Waals surface area contributed by atoms with Gasteiger partial charge in [0.1, 0.15) is 11.6 Å². The molecule has 0 radical (unpaired) electrons. The molecule has 2 fully saturated rings. The molecule has 0 atom stereocenters. The Kier molecular flexibility index (Phi) is 6.74. The van der Waals surface area contributed by atoms with E-state index in [0.29, 0.717) is 24.2 Å². The number of hydrogen-bond acceptors (Lipinski definition) is 7. The molecule has 1 aromatic heterocycles. The normalized spacial score (nSPS) is 17.5. The molecule has 2 aliphatic heterocycles. The van der Waals surface area contributed by atoms with Gasteiger partial charge in [-0.2, -0.15) is 4.98 Å². The van der Waals surface area contributed by atoms with E-state index in [1.54, 1.807) is 13.3 Å². The second-order valence-corrected chi connectivity index (χ2v) is 8.19. The lowest BCUT2D eigenvalue weighted by molar-refractivity contribution is -0.132. The van der Waals surface area contributed by atoms with Crippen molar-refractivity contribution in [3.8, 4) is 5.75 Å².